The number of hydrogen-bond acceptors (Lipinski definition) is 20. The van der Waals surface area contributed by atoms with Crippen molar-refractivity contribution in [3.63, 3.8) is 0 Å². The standard InChI is InChI=1S/C51H82N8O21S/c1-6-24(2)17-25(3)13-11-9-7-8-10-12-14-37(66)53-30-20-34(64)47(72)57-49(74)41-42(67)26(4)22-59(41)51(76)39(33(63)21-36(52)65)55-48(73)40(44(69)43(68)28-15-16-32(62)35(18-28)80-81(77,78)79)56-46(71)31-19-29(61)23-58(31)50(75)38(27(5)60)54-45(30)70/h15-16,18,24-27,29-31,33-34,38-44,47,60-64,67-69,72H,6-14,17,19-23H2,1-5H3,(H2,52,65)(H,53,66)(H,54,70)(H,55,73)(H,56,71)(H,57,74)(H,77,78,79)/t24?,25?,26?,27-,29?,30+,31+,33?,34?,38+,39+,40+,41+,42?,43?,44+,47?/m1/s1. The van der Waals surface area contributed by atoms with Crippen LogP contribution < -0.4 is 36.5 Å². The monoisotopic (exact) mass is 1170 g/mol. The fourth-order valence-electron chi connectivity index (χ4n) is 10.2. The smallest absolute Gasteiger partial charge is 0.446 e. The van der Waals surface area contributed by atoms with Crippen molar-refractivity contribution in [1.29, 1.82) is 0 Å². The van der Waals surface area contributed by atoms with Crippen molar-refractivity contribution in [2.75, 3.05) is 13.1 Å². The molecule has 17 N–H and O–H groups in total. The summed E-state index contributed by atoms with van der Waals surface area (Å²) >= 11 is 0. The van der Waals surface area contributed by atoms with E-state index in [0.717, 1.165) is 64.0 Å². The van der Waals surface area contributed by atoms with Gasteiger partial charge in [0.1, 0.15) is 54.6 Å². The normalized spacial score (nSPS) is 28.8. The van der Waals surface area contributed by atoms with E-state index in [4.69, 9.17) is 5.73 Å². The Kier molecular flexibility index (Phi) is 25.5. The van der Waals surface area contributed by atoms with E-state index in [2.05, 4.69) is 40.9 Å². The number of unbranched alkanes of at least 4 members (excludes halogenated alkanes) is 5. The number of nitrogens with two attached hydrogens (primary N) is 1. The first-order valence-electron chi connectivity index (χ1n) is 27.2. The van der Waals surface area contributed by atoms with Crippen molar-refractivity contribution in [2.45, 2.75) is 203 Å². The zero-order valence-corrected chi connectivity index (χ0v) is 46.8. The molecule has 30 heteroatoms. The summed E-state index contributed by atoms with van der Waals surface area (Å²) in [5, 5.41) is 111. The number of fused-ring (bicyclic) bond motifs is 2. The van der Waals surface area contributed by atoms with Crippen LogP contribution in [0, 0.1) is 17.8 Å². The van der Waals surface area contributed by atoms with Crippen LogP contribution in [0.1, 0.15) is 130 Å². The van der Waals surface area contributed by atoms with E-state index in [1.54, 1.807) is 0 Å². The van der Waals surface area contributed by atoms with E-state index in [0.29, 0.717) is 40.5 Å². The third kappa shape index (κ3) is 19.4. The number of amides is 8. The maximum atomic E-state index is 14.6. The first kappa shape index (κ1) is 67.7. The Bertz CT molecular complexity index is 2470. The molecule has 4 rings (SSSR count). The minimum Gasteiger partial charge on any atom is -0.504 e. The van der Waals surface area contributed by atoms with Gasteiger partial charge in [0.15, 0.2) is 17.7 Å². The molecule has 1 aromatic carbocycles. The number of benzene rings is 1. The predicted molar refractivity (Wildman–Crippen MR) is 282 cm³/mol. The lowest BCUT2D eigenvalue weighted by atomic mass is 9.91. The summed E-state index contributed by atoms with van der Waals surface area (Å²) in [7, 11) is -5.33. The number of aliphatic hydroxyl groups is 8. The molecule has 0 aromatic heterocycles. The number of rotatable bonds is 22. The minimum atomic E-state index is -5.33. The van der Waals surface area contributed by atoms with E-state index >= 15 is 0 Å². The van der Waals surface area contributed by atoms with Crippen LogP contribution in [-0.4, -0.2) is 208 Å². The van der Waals surface area contributed by atoms with Crippen molar-refractivity contribution in [3.8, 4) is 11.5 Å². The predicted octanol–water partition coefficient (Wildman–Crippen LogP) is -3.91. The van der Waals surface area contributed by atoms with Gasteiger partial charge in [-0.2, -0.15) is 8.42 Å². The molecule has 0 aliphatic carbocycles. The van der Waals surface area contributed by atoms with Crippen molar-refractivity contribution < 1.29 is 101 Å². The van der Waals surface area contributed by atoms with Crippen LogP contribution in [0.15, 0.2) is 18.2 Å². The molecule has 9 unspecified atom stereocenters. The van der Waals surface area contributed by atoms with Gasteiger partial charge in [0.05, 0.1) is 30.8 Å². The Labute approximate surface area is 469 Å². The molecule has 3 heterocycles. The van der Waals surface area contributed by atoms with Crippen LogP contribution in [0.3, 0.4) is 0 Å². The number of phenols is 1. The maximum absolute atomic E-state index is 14.6. The highest BCUT2D eigenvalue weighted by molar-refractivity contribution is 7.81. The van der Waals surface area contributed by atoms with Gasteiger partial charge in [-0.3, -0.25) is 42.9 Å². The number of phenolic OH excluding ortho intramolecular Hbond substituents is 1. The number of aliphatic hydroxyl groups excluding tert-OH is 8. The summed E-state index contributed by atoms with van der Waals surface area (Å²) < 4.78 is 36.6. The van der Waals surface area contributed by atoms with E-state index in [-0.39, 0.29) is 6.42 Å². The average molecular weight is 1180 g/mol. The van der Waals surface area contributed by atoms with Crippen LogP contribution in [-0.2, 0) is 48.8 Å². The van der Waals surface area contributed by atoms with Gasteiger partial charge in [-0.25, -0.2) is 0 Å². The second-order valence-electron chi connectivity index (χ2n) is 21.8. The molecular formula is C51H82N8O21S. The summed E-state index contributed by atoms with van der Waals surface area (Å²) in [5.74, 6) is -12.0. The molecular weight excluding hydrogens is 1090 g/mol. The molecule has 8 amide bonds. The van der Waals surface area contributed by atoms with Gasteiger partial charge < -0.3 is 92.3 Å². The highest BCUT2D eigenvalue weighted by atomic mass is 32.3. The quantitative estimate of drug-likeness (QED) is 0.0390. The molecule has 3 aliphatic rings. The highest BCUT2D eigenvalue weighted by Gasteiger charge is 2.51. The van der Waals surface area contributed by atoms with Gasteiger partial charge in [-0.15, -0.1) is 0 Å². The number of aromatic hydroxyl groups is 1. The number of nitrogens with one attached hydrogen (secondary N) is 5. The SMILES string of the molecule is CCC(C)CC(C)CCCCCCCCC(=O)N[C@H]1CC(O)C(O)NC(=O)[C@@H]2C(O)C(C)CN2C(=O)[C@H](C(O)CC(N)=O)NC(=O)[C@H]([C@H](O)C(O)c2ccc(O)c(OS(=O)(=O)O)c2)NC(=O)[C@@H]2CC(O)CN2C(=O)[C@H]([C@@H](C)O)NC1=O. The van der Waals surface area contributed by atoms with Crippen LogP contribution in [0.25, 0.3) is 0 Å². The Morgan fingerprint density at radius 2 is 1.38 bits per heavy atom. The first-order valence-corrected chi connectivity index (χ1v) is 28.6. The van der Waals surface area contributed by atoms with E-state index < -0.39 is 198 Å². The van der Waals surface area contributed by atoms with Gasteiger partial charge >= 0.3 is 10.4 Å². The fourth-order valence-corrected chi connectivity index (χ4v) is 10.6. The number of hydrogen-bond donors (Lipinski definition) is 16. The third-order valence-corrected chi connectivity index (χ3v) is 15.3. The maximum Gasteiger partial charge on any atom is 0.446 e. The van der Waals surface area contributed by atoms with Gasteiger partial charge in [-0.05, 0) is 49.3 Å². The molecule has 3 saturated heterocycles. The summed E-state index contributed by atoms with van der Waals surface area (Å²) in [4.78, 5) is 113. The summed E-state index contributed by atoms with van der Waals surface area (Å²) in [6, 6.07) is -10.5. The van der Waals surface area contributed by atoms with E-state index in [9.17, 15) is 97.3 Å². The number of carbonyl (C=O) groups excluding carboxylic acids is 8. The molecule has 81 heavy (non-hydrogen) atoms. The van der Waals surface area contributed by atoms with Crippen molar-refractivity contribution in [3.05, 3.63) is 23.8 Å². The van der Waals surface area contributed by atoms with Crippen molar-refractivity contribution in [1.82, 2.24) is 36.4 Å². The van der Waals surface area contributed by atoms with Gasteiger partial charge in [0.2, 0.25) is 47.3 Å². The van der Waals surface area contributed by atoms with Gasteiger partial charge in [0.25, 0.3) is 0 Å². The number of carbonyl (C=O) groups is 8. The van der Waals surface area contributed by atoms with Crippen LogP contribution in [0.4, 0.5) is 0 Å². The van der Waals surface area contributed by atoms with Crippen LogP contribution >= 0.6 is 0 Å². The molecule has 3 aliphatic heterocycles. The van der Waals surface area contributed by atoms with Crippen LogP contribution in [0.2, 0.25) is 0 Å². The molecule has 458 valence electrons. The van der Waals surface area contributed by atoms with Crippen LogP contribution in [0.5, 0.6) is 11.5 Å². The van der Waals surface area contributed by atoms with E-state index in [1.165, 1.54) is 6.92 Å². The van der Waals surface area contributed by atoms with Crippen molar-refractivity contribution >= 4 is 57.7 Å². The zero-order valence-electron chi connectivity index (χ0n) is 46.0. The molecule has 29 nitrogen and oxygen atoms in total. The summed E-state index contributed by atoms with van der Waals surface area (Å²) in [5.41, 5.74) is 4.75. The lowest BCUT2D eigenvalue weighted by Gasteiger charge is -2.34. The average Bonchev–Trinajstić information content (AvgIpc) is 4.12. The Morgan fingerprint density at radius 3 is 2.00 bits per heavy atom. The fraction of sp³-hybridized carbons (Fsp3) is 0.725. The second kappa shape index (κ2) is 30.5. The molecule has 0 radical (unpaired) electrons. The first-order chi connectivity index (χ1) is 37.8. The lowest BCUT2D eigenvalue weighted by molar-refractivity contribution is -0.149. The van der Waals surface area contributed by atoms with E-state index in [1.807, 2.05) is 10.6 Å². The minimum absolute atomic E-state index is 0.119. The number of nitrogens with zero attached hydrogens (tertiary/aromatic N) is 2. The Balaban J connectivity index is 1.75. The highest BCUT2D eigenvalue weighted by Crippen LogP contribution is 2.33. The van der Waals surface area contributed by atoms with Gasteiger partial charge in [0, 0.05) is 38.3 Å². The Morgan fingerprint density at radius 1 is 0.778 bits per heavy atom. The molecule has 1 aromatic rings. The molecule has 17 atom stereocenters. The van der Waals surface area contributed by atoms with Gasteiger partial charge in [-0.1, -0.05) is 78.7 Å². The molecule has 0 spiro atoms. The topological polar surface area (TPSA) is 475 Å². The molecule has 0 saturated carbocycles. The largest absolute Gasteiger partial charge is 0.504 e. The van der Waals surface area contributed by atoms with Crippen molar-refractivity contribution in [2.24, 2.45) is 23.5 Å². The number of primary amides is 1. The third-order valence-electron chi connectivity index (χ3n) is 15.0. The molecule has 0 bridgehead atoms. The summed E-state index contributed by atoms with van der Waals surface area (Å²) in [6.07, 6.45) is -11.6. The lowest BCUT2D eigenvalue weighted by Crippen LogP contribution is -2.64. The summed E-state index contributed by atoms with van der Waals surface area (Å²) in [6.45, 7) is 7.86. The molecule has 3 fully saturated rings. The second-order valence-corrected chi connectivity index (χ2v) is 22.8. The zero-order chi connectivity index (χ0) is 60.8. The Hall–Kier alpha value is -5.83.